The van der Waals surface area contributed by atoms with Crippen LogP contribution in [0.25, 0.3) is 0 Å². The number of carbonyl (C=O) groups excluding carboxylic acids is 1. The lowest BCUT2D eigenvalue weighted by molar-refractivity contribution is -0.144. The topological polar surface area (TPSA) is 84.2 Å². The van der Waals surface area contributed by atoms with Crippen LogP contribution in [-0.2, 0) is 11.8 Å². The summed E-state index contributed by atoms with van der Waals surface area (Å²) in [5.74, 6) is -0.909. The second-order valence-electron chi connectivity index (χ2n) is 5.60. The number of aliphatic carboxylic acids is 1. The van der Waals surface area contributed by atoms with E-state index in [1.54, 1.807) is 17.9 Å². The summed E-state index contributed by atoms with van der Waals surface area (Å²) in [4.78, 5) is 23.5. The number of carboxylic acids is 1. The van der Waals surface area contributed by atoms with Gasteiger partial charge in [0.2, 0.25) is 0 Å². The van der Waals surface area contributed by atoms with Crippen LogP contribution in [0, 0.1) is 17.8 Å². The molecule has 2 saturated carbocycles. The summed E-state index contributed by atoms with van der Waals surface area (Å²) < 4.78 is 1.56. The van der Waals surface area contributed by atoms with Crippen LogP contribution in [0.5, 0.6) is 0 Å². The molecule has 3 rings (SSSR count). The first-order valence-corrected chi connectivity index (χ1v) is 6.58. The van der Waals surface area contributed by atoms with Gasteiger partial charge in [-0.25, -0.2) is 0 Å². The molecule has 6 nitrogen and oxygen atoms in total. The van der Waals surface area contributed by atoms with E-state index in [0.717, 1.165) is 19.3 Å². The minimum Gasteiger partial charge on any atom is -0.481 e. The highest BCUT2D eigenvalue weighted by Crippen LogP contribution is 2.48. The number of carbonyl (C=O) groups is 2. The van der Waals surface area contributed by atoms with E-state index in [0.29, 0.717) is 11.5 Å². The molecule has 0 spiro atoms. The normalized spacial score (nSPS) is 32.5. The predicted molar refractivity (Wildman–Crippen MR) is 66.4 cm³/mol. The van der Waals surface area contributed by atoms with Crippen molar-refractivity contribution in [2.75, 3.05) is 0 Å². The Balaban J connectivity index is 1.75. The van der Waals surface area contributed by atoms with E-state index in [2.05, 4.69) is 10.4 Å². The summed E-state index contributed by atoms with van der Waals surface area (Å²) in [6.07, 6.45) is 6.05. The molecule has 0 saturated heterocycles. The first kappa shape index (κ1) is 12.2. The Morgan fingerprint density at radius 2 is 2.16 bits per heavy atom. The molecule has 2 aliphatic rings. The Kier molecular flexibility index (Phi) is 2.80. The molecule has 1 amide bonds. The van der Waals surface area contributed by atoms with E-state index in [-0.39, 0.29) is 17.9 Å². The highest BCUT2D eigenvalue weighted by atomic mass is 16.4. The summed E-state index contributed by atoms with van der Waals surface area (Å²) >= 11 is 0. The SMILES string of the molecule is Cn1cc(C(=O)NC2C3CCC(C3)C2C(=O)O)cn1. The number of fused-ring (bicyclic) bond motifs is 2. The molecular formula is C13H17N3O3. The van der Waals surface area contributed by atoms with Crippen molar-refractivity contribution in [3.8, 4) is 0 Å². The first-order valence-electron chi connectivity index (χ1n) is 6.58. The number of rotatable bonds is 3. The number of hydrogen-bond acceptors (Lipinski definition) is 3. The fraction of sp³-hybridized carbons (Fsp3) is 0.615. The third kappa shape index (κ3) is 2.01. The monoisotopic (exact) mass is 263 g/mol. The van der Waals surface area contributed by atoms with Crippen molar-refractivity contribution in [2.24, 2.45) is 24.8 Å². The zero-order valence-electron chi connectivity index (χ0n) is 10.7. The van der Waals surface area contributed by atoms with Crippen molar-refractivity contribution in [2.45, 2.75) is 25.3 Å². The average molecular weight is 263 g/mol. The maximum Gasteiger partial charge on any atom is 0.308 e. The van der Waals surface area contributed by atoms with Crippen molar-refractivity contribution >= 4 is 11.9 Å². The van der Waals surface area contributed by atoms with E-state index in [4.69, 9.17) is 0 Å². The molecular weight excluding hydrogens is 246 g/mol. The fourth-order valence-corrected chi connectivity index (χ4v) is 3.63. The van der Waals surface area contributed by atoms with Gasteiger partial charge < -0.3 is 10.4 Å². The molecule has 6 heteroatoms. The number of aryl methyl sites for hydroxylation is 1. The number of amides is 1. The zero-order valence-corrected chi connectivity index (χ0v) is 10.7. The molecule has 102 valence electrons. The molecule has 2 aliphatic carbocycles. The van der Waals surface area contributed by atoms with Crippen molar-refractivity contribution in [1.82, 2.24) is 15.1 Å². The van der Waals surface area contributed by atoms with Crippen LogP contribution in [0.15, 0.2) is 12.4 Å². The molecule has 4 atom stereocenters. The molecule has 0 aliphatic heterocycles. The molecule has 1 heterocycles. The van der Waals surface area contributed by atoms with E-state index >= 15 is 0 Å². The van der Waals surface area contributed by atoms with Crippen LogP contribution in [0.2, 0.25) is 0 Å². The van der Waals surface area contributed by atoms with Crippen LogP contribution >= 0.6 is 0 Å². The van der Waals surface area contributed by atoms with E-state index in [1.807, 2.05) is 0 Å². The molecule has 1 aromatic heterocycles. The van der Waals surface area contributed by atoms with Crippen LogP contribution < -0.4 is 5.32 Å². The Hall–Kier alpha value is -1.85. The quantitative estimate of drug-likeness (QED) is 0.838. The number of hydrogen-bond donors (Lipinski definition) is 2. The fourth-order valence-electron chi connectivity index (χ4n) is 3.63. The van der Waals surface area contributed by atoms with Gasteiger partial charge in [-0.1, -0.05) is 0 Å². The Morgan fingerprint density at radius 1 is 1.42 bits per heavy atom. The lowest BCUT2D eigenvalue weighted by Gasteiger charge is -2.28. The maximum atomic E-state index is 12.1. The summed E-state index contributed by atoms with van der Waals surface area (Å²) in [6.45, 7) is 0. The Labute approximate surface area is 110 Å². The van der Waals surface area contributed by atoms with Gasteiger partial charge in [-0.2, -0.15) is 5.10 Å². The summed E-state index contributed by atoms with van der Waals surface area (Å²) in [7, 11) is 1.74. The van der Waals surface area contributed by atoms with Gasteiger partial charge in [-0.3, -0.25) is 14.3 Å². The summed E-state index contributed by atoms with van der Waals surface area (Å²) in [6, 6.07) is -0.232. The van der Waals surface area contributed by atoms with Gasteiger partial charge in [0, 0.05) is 19.3 Å². The molecule has 2 N–H and O–H groups in total. The minimum absolute atomic E-state index is 0.224. The van der Waals surface area contributed by atoms with Gasteiger partial charge >= 0.3 is 5.97 Å². The molecule has 19 heavy (non-hydrogen) atoms. The maximum absolute atomic E-state index is 12.1. The van der Waals surface area contributed by atoms with Crippen LogP contribution in [0.4, 0.5) is 0 Å². The summed E-state index contributed by atoms with van der Waals surface area (Å²) in [5.41, 5.74) is 0.481. The van der Waals surface area contributed by atoms with Crippen molar-refractivity contribution < 1.29 is 14.7 Å². The van der Waals surface area contributed by atoms with Crippen LogP contribution in [0.3, 0.4) is 0 Å². The standard InChI is InChI=1S/C13H17N3O3/c1-16-6-9(5-14-16)12(17)15-11-8-3-2-7(4-8)10(11)13(18)19/h5-8,10-11H,2-4H2,1H3,(H,15,17)(H,18,19). The van der Waals surface area contributed by atoms with Gasteiger partial charge in [0.25, 0.3) is 5.91 Å². The molecule has 0 aromatic carbocycles. The molecule has 2 bridgehead atoms. The first-order chi connectivity index (χ1) is 9.06. The van der Waals surface area contributed by atoms with Crippen molar-refractivity contribution in [1.29, 1.82) is 0 Å². The highest BCUT2D eigenvalue weighted by Gasteiger charge is 2.51. The molecule has 0 radical (unpaired) electrons. The van der Waals surface area contributed by atoms with Crippen molar-refractivity contribution in [3.05, 3.63) is 18.0 Å². The highest BCUT2D eigenvalue weighted by molar-refractivity contribution is 5.94. The second-order valence-corrected chi connectivity index (χ2v) is 5.60. The number of nitrogens with zero attached hydrogens (tertiary/aromatic N) is 2. The molecule has 1 aromatic rings. The average Bonchev–Trinajstić information content (AvgIpc) is 3.03. The molecule has 2 fully saturated rings. The van der Waals surface area contributed by atoms with Crippen LogP contribution in [-0.4, -0.2) is 32.8 Å². The molecule has 4 unspecified atom stereocenters. The van der Waals surface area contributed by atoms with Gasteiger partial charge in [0.15, 0.2) is 0 Å². The van der Waals surface area contributed by atoms with E-state index < -0.39 is 11.9 Å². The third-order valence-electron chi connectivity index (χ3n) is 4.47. The Bertz CT molecular complexity index is 525. The minimum atomic E-state index is -0.788. The van der Waals surface area contributed by atoms with E-state index in [1.165, 1.54) is 6.20 Å². The van der Waals surface area contributed by atoms with Gasteiger partial charge in [0.05, 0.1) is 17.7 Å². The number of carboxylic acid groups (broad SMARTS) is 1. The van der Waals surface area contributed by atoms with E-state index in [9.17, 15) is 14.7 Å². The lowest BCUT2D eigenvalue weighted by atomic mass is 9.84. The van der Waals surface area contributed by atoms with Crippen molar-refractivity contribution in [3.63, 3.8) is 0 Å². The van der Waals surface area contributed by atoms with Gasteiger partial charge in [-0.15, -0.1) is 0 Å². The third-order valence-corrected chi connectivity index (χ3v) is 4.47. The number of nitrogens with one attached hydrogen (secondary N) is 1. The largest absolute Gasteiger partial charge is 0.481 e. The zero-order chi connectivity index (χ0) is 13.6. The predicted octanol–water partition coefficient (Wildman–Crippen LogP) is 0.649. The van der Waals surface area contributed by atoms with Gasteiger partial charge in [-0.05, 0) is 31.1 Å². The van der Waals surface area contributed by atoms with Crippen LogP contribution in [0.1, 0.15) is 29.6 Å². The van der Waals surface area contributed by atoms with Gasteiger partial charge in [0.1, 0.15) is 0 Å². The lowest BCUT2D eigenvalue weighted by Crippen LogP contribution is -2.46. The smallest absolute Gasteiger partial charge is 0.308 e. The second kappa shape index (κ2) is 4.36. The number of aromatic nitrogens is 2. The Morgan fingerprint density at radius 3 is 2.79 bits per heavy atom. The summed E-state index contributed by atoms with van der Waals surface area (Å²) in [5, 5.41) is 16.2.